The minimum Gasteiger partial charge on any atom is -0.353 e. The molecule has 0 saturated heterocycles. The number of nitrogens with zero attached hydrogens (tertiary/aromatic N) is 1. The SMILES string of the molecule is CCCCCCC/C=C/C(=O)NCCCN(CC)CC. The lowest BCUT2D eigenvalue weighted by Gasteiger charge is -2.17. The van der Waals surface area contributed by atoms with Gasteiger partial charge >= 0.3 is 0 Å². The molecule has 0 radical (unpaired) electrons. The summed E-state index contributed by atoms with van der Waals surface area (Å²) in [4.78, 5) is 13.9. The molecule has 0 aromatic heterocycles. The van der Waals surface area contributed by atoms with Crippen LogP contribution >= 0.6 is 0 Å². The molecule has 3 heteroatoms. The number of allylic oxidation sites excluding steroid dienone is 1. The Morgan fingerprint density at radius 1 is 1.00 bits per heavy atom. The van der Waals surface area contributed by atoms with Crippen molar-refractivity contribution in [3.05, 3.63) is 12.2 Å². The standard InChI is InChI=1S/C17H34N2O/c1-4-7-8-9-10-11-12-14-17(20)18-15-13-16-19(5-2)6-3/h12,14H,4-11,13,15-16H2,1-3H3,(H,18,20)/b14-12+. The van der Waals surface area contributed by atoms with Gasteiger partial charge in [-0.1, -0.05) is 52.5 Å². The van der Waals surface area contributed by atoms with E-state index < -0.39 is 0 Å². The van der Waals surface area contributed by atoms with Crippen molar-refractivity contribution >= 4 is 5.91 Å². The van der Waals surface area contributed by atoms with Crippen LogP contribution in [0.4, 0.5) is 0 Å². The molecule has 0 aliphatic carbocycles. The smallest absolute Gasteiger partial charge is 0.243 e. The van der Waals surface area contributed by atoms with E-state index in [-0.39, 0.29) is 5.91 Å². The summed E-state index contributed by atoms with van der Waals surface area (Å²) in [6.07, 6.45) is 12.2. The summed E-state index contributed by atoms with van der Waals surface area (Å²) in [5.41, 5.74) is 0. The van der Waals surface area contributed by atoms with E-state index in [0.29, 0.717) is 0 Å². The van der Waals surface area contributed by atoms with Gasteiger partial charge in [-0.05, 0) is 45.0 Å². The van der Waals surface area contributed by atoms with Crippen molar-refractivity contribution in [2.24, 2.45) is 0 Å². The van der Waals surface area contributed by atoms with Gasteiger partial charge in [-0.2, -0.15) is 0 Å². The fourth-order valence-corrected chi connectivity index (χ4v) is 2.17. The third kappa shape index (κ3) is 12.2. The van der Waals surface area contributed by atoms with E-state index in [2.05, 4.69) is 31.0 Å². The Hall–Kier alpha value is -0.830. The van der Waals surface area contributed by atoms with Crippen LogP contribution in [0.25, 0.3) is 0 Å². The predicted molar refractivity (Wildman–Crippen MR) is 87.9 cm³/mol. The fourth-order valence-electron chi connectivity index (χ4n) is 2.17. The summed E-state index contributed by atoms with van der Waals surface area (Å²) in [6, 6.07) is 0. The van der Waals surface area contributed by atoms with Gasteiger partial charge in [0, 0.05) is 6.54 Å². The second kappa shape index (κ2) is 14.6. The highest BCUT2D eigenvalue weighted by Gasteiger charge is 1.99. The number of nitrogens with one attached hydrogen (secondary N) is 1. The van der Waals surface area contributed by atoms with Crippen molar-refractivity contribution in [1.29, 1.82) is 0 Å². The highest BCUT2D eigenvalue weighted by molar-refractivity contribution is 5.87. The molecule has 0 bridgehead atoms. The fraction of sp³-hybridized carbons (Fsp3) is 0.824. The van der Waals surface area contributed by atoms with Crippen molar-refractivity contribution in [3.8, 4) is 0 Å². The maximum Gasteiger partial charge on any atom is 0.243 e. The normalized spacial score (nSPS) is 11.4. The summed E-state index contributed by atoms with van der Waals surface area (Å²) in [5.74, 6) is 0.0538. The van der Waals surface area contributed by atoms with E-state index in [1.807, 2.05) is 6.08 Å². The topological polar surface area (TPSA) is 32.3 Å². The zero-order valence-electron chi connectivity index (χ0n) is 13.8. The van der Waals surface area contributed by atoms with Crippen molar-refractivity contribution in [2.75, 3.05) is 26.2 Å². The first-order valence-electron chi connectivity index (χ1n) is 8.41. The lowest BCUT2D eigenvalue weighted by Crippen LogP contribution is -2.29. The number of amides is 1. The predicted octanol–water partition coefficient (Wildman–Crippen LogP) is 3.75. The molecule has 1 N–H and O–H groups in total. The Labute approximate surface area is 125 Å². The summed E-state index contributed by atoms with van der Waals surface area (Å²) in [5, 5.41) is 2.95. The Morgan fingerprint density at radius 2 is 1.70 bits per heavy atom. The molecule has 20 heavy (non-hydrogen) atoms. The average molecular weight is 282 g/mol. The van der Waals surface area contributed by atoms with Crippen LogP contribution in [0.2, 0.25) is 0 Å². The van der Waals surface area contributed by atoms with Crippen LogP contribution in [-0.2, 0) is 4.79 Å². The van der Waals surface area contributed by atoms with Crippen LogP contribution in [0.15, 0.2) is 12.2 Å². The second-order valence-electron chi connectivity index (χ2n) is 5.28. The van der Waals surface area contributed by atoms with Gasteiger partial charge in [0.25, 0.3) is 0 Å². The zero-order valence-corrected chi connectivity index (χ0v) is 13.8. The second-order valence-corrected chi connectivity index (χ2v) is 5.28. The summed E-state index contributed by atoms with van der Waals surface area (Å²) in [7, 11) is 0. The van der Waals surface area contributed by atoms with Gasteiger partial charge in [0.15, 0.2) is 0 Å². The van der Waals surface area contributed by atoms with Gasteiger partial charge in [-0.15, -0.1) is 0 Å². The van der Waals surface area contributed by atoms with Crippen molar-refractivity contribution in [3.63, 3.8) is 0 Å². The molecule has 0 fully saturated rings. The van der Waals surface area contributed by atoms with Crippen LogP contribution < -0.4 is 5.32 Å². The van der Waals surface area contributed by atoms with E-state index in [0.717, 1.165) is 39.0 Å². The number of hydrogen-bond acceptors (Lipinski definition) is 2. The Bertz CT molecular complexity index is 247. The number of carbonyl (C=O) groups is 1. The monoisotopic (exact) mass is 282 g/mol. The minimum absolute atomic E-state index is 0.0538. The molecule has 1 amide bonds. The Balaban J connectivity index is 3.44. The number of carbonyl (C=O) groups excluding carboxylic acids is 1. The van der Waals surface area contributed by atoms with E-state index in [1.165, 1.54) is 32.1 Å². The number of unbranched alkanes of at least 4 members (excludes halogenated alkanes) is 5. The Kier molecular flexibility index (Phi) is 14.0. The van der Waals surface area contributed by atoms with Gasteiger partial charge in [0.1, 0.15) is 0 Å². The highest BCUT2D eigenvalue weighted by Crippen LogP contribution is 2.05. The van der Waals surface area contributed by atoms with Gasteiger partial charge in [0.2, 0.25) is 5.91 Å². The first-order valence-corrected chi connectivity index (χ1v) is 8.41. The van der Waals surface area contributed by atoms with Crippen LogP contribution in [-0.4, -0.2) is 37.0 Å². The molecule has 0 spiro atoms. The minimum atomic E-state index is 0.0538. The van der Waals surface area contributed by atoms with Crippen LogP contribution in [0, 0.1) is 0 Å². The summed E-state index contributed by atoms with van der Waals surface area (Å²) < 4.78 is 0. The molecule has 0 unspecified atom stereocenters. The maximum atomic E-state index is 11.6. The van der Waals surface area contributed by atoms with E-state index in [4.69, 9.17) is 0 Å². The molecule has 0 heterocycles. The van der Waals surface area contributed by atoms with Crippen LogP contribution in [0.1, 0.15) is 65.7 Å². The number of rotatable bonds is 13. The van der Waals surface area contributed by atoms with Crippen molar-refractivity contribution < 1.29 is 4.79 Å². The molecular weight excluding hydrogens is 248 g/mol. The summed E-state index contributed by atoms with van der Waals surface area (Å²) in [6.45, 7) is 10.6. The lowest BCUT2D eigenvalue weighted by molar-refractivity contribution is -0.116. The van der Waals surface area contributed by atoms with Crippen molar-refractivity contribution in [2.45, 2.75) is 65.7 Å². The molecule has 118 valence electrons. The zero-order chi connectivity index (χ0) is 15.1. The lowest BCUT2D eigenvalue weighted by atomic mass is 10.1. The summed E-state index contributed by atoms with van der Waals surface area (Å²) >= 11 is 0. The van der Waals surface area contributed by atoms with Gasteiger partial charge in [0.05, 0.1) is 0 Å². The van der Waals surface area contributed by atoms with Crippen LogP contribution in [0.5, 0.6) is 0 Å². The Morgan fingerprint density at radius 3 is 2.35 bits per heavy atom. The van der Waals surface area contributed by atoms with Gasteiger partial charge in [-0.3, -0.25) is 4.79 Å². The van der Waals surface area contributed by atoms with Crippen LogP contribution in [0.3, 0.4) is 0 Å². The largest absolute Gasteiger partial charge is 0.353 e. The number of hydrogen-bond donors (Lipinski definition) is 1. The molecule has 0 rings (SSSR count). The third-order valence-electron chi connectivity index (χ3n) is 3.59. The molecule has 3 nitrogen and oxygen atoms in total. The first kappa shape index (κ1) is 19.2. The van der Waals surface area contributed by atoms with Gasteiger partial charge in [-0.25, -0.2) is 0 Å². The first-order chi connectivity index (χ1) is 9.74. The third-order valence-corrected chi connectivity index (χ3v) is 3.59. The molecule has 0 saturated carbocycles. The molecule has 0 aliphatic heterocycles. The average Bonchev–Trinajstić information content (AvgIpc) is 2.46. The molecule has 0 atom stereocenters. The van der Waals surface area contributed by atoms with Gasteiger partial charge < -0.3 is 10.2 Å². The molecule has 0 aromatic rings. The molecule has 0 aromatic carbocycles. The highest BCUT2D eigenvalue weighted by atomic mass is 16.1. The quantitative estimate of drug-likeness (QED) is 0.412. The maximum absolute atomic E-state index is 11.6. The van der Waals surface area contributed by atoms with Crippen molar-refractivity contribution in [1.82, 2.24) is 10.2 Å². The van der Waals surface area contributed by atoms with E-state index in [9.17, 15) is 4.79 Å². The van der Waals surface area contributed by atoms with E-state index in [1.54, 1.807) is 6.08 Å². The molecule has 0 aliphatic rings. The van der Waals surface area contributed by atoms with E-state index >= 15 is 0 Å². The molecular formula is C17H34N2O.